The molecule has 0 amide bonds. The van der Waals surface area contributed by atoms with Gasteiger partial charge in [-0.2, -0.15) is 0 Å². The van der Waals surface area contributed by atoms with Gasteiger partial charge in [-0.1, -0.05) is 451 Å². The molecular weight excluding hydrogens is 1580 g/mol. The summed E-state index contributed by atoms with van der Waals surface area (Å²) in [5.41, 5.74) is 16.0. The molecule has 0 unspecified atom stereocenters. The zero-order valence-corrected chi connectivity index (χ0v) is 72.5. The molecule has 0 aromatic heterocycles. The van der Waals surface area contributed by atoms with Gasteiger partial charge in [0.2, 0.25) is 0 Å². The van der Waals surface area contributed by atoms with E-state index in [2.05, 4.69) is 0 Å². The van der Waals surface area contributed by atoms with Crippen molar-refractivity contribution >= 4 is 189 Å². The fourth-order valence-electron chi connectivity index (χ4n) is 14.4. The van der Waals surface area contributed by atoms with Gasteiger partial charge in [-0.15, -0.1) is 0 Å². The minimum atomic E-state index is -1.39. The minimum Gasteiger partial charge on any atom is -0.445 e. The third-order valence-electron chi connectivity index (χ3n) is 21.6. The largest absolute Gasteiger partial charge is 0.477 e. The highest BCUT2D eigenvalue weighted by Gasteiger charge is 2.48. The summed E-state index contributed by atoms with van der Waals surface area (Å²) >= 11 is 0. The lowest BCUT2D eigenvalue weighted by Crippen LogP contribution is -2.60. The monoisotopic (exact) mass is 1680 g/mol. The van der Waals surface area contributed by atoms with Gasteiger partial charge >= 0.3 is 107 Å². The van der Waals surface area contributed by atoms with E-state index in [4.69, 9.17) is 64.0 Å². The third-order valence-corrected chi connectivity index (χ3v) is 21.6. The molecule has 0 saturated carbocycles. The van der Waals surface area contributed by atoms with Crippen LogP contribution in [-0.4, -0.2) is 117 Å². The van der Waals surface area contributed by atoms with E-state index in [0.29, 0.717) is 81.9 Å². The van der Waals surface area contributed by atoms with Crippen LogP contribution in [0, 0.1) is 48.5 Å². The highest BCUT2D eigenvalue weighted by Crippen LogP contribution is 2.18. The Balaban J connectivity index is 0.786. The first kappa shape index (κ1) is 91.4. The molecule has 0 atom stereocenters. The van der Waals surface area contributed by atoms with E-state index < -0.39 is 107 Å². The van der Waals surface area contributed by atoms with Crippen LogP contribution in [0.5, 0.6) is 0 Å². The SMILES string of the molecule is Cc1ccc(B(OB(O)c2ccccc2)OB(OB(OB(OB(OB(OB(OB(OB(OB(OB(OB(OB(OB(O)c2ccccc2)c2ccc(C)cc2)c2ccccc2)c2cccc(C)c2)c2ccccc2)c2ccc(C)cc2)c2ccccc2)c2ccccc2C)c2ccccc2)c2ccc(C)cc2)c2ccccc2)c2ccc(C)cc2)c2ccccc2)cc1. The van der Waals surface area contributed by atoms with Crippen molar-refractivity contribution < 1.29 is 74.1 Å². The molecule has 15 rings (SSSR count). The lowest BCUT2D eigenvalue weighted by Gasteiger charge is -2.31. The molecule has 0 aliphatic rings. The van der Waals surface area contributed by atoms with E-state index in [1.54, 1.807) is 24.3 Å². The molecule has 0 bridgehead atoms. The van der Waals surface area contributed by atoms with Crippen molar-refractivity contribution in [3.63, 3.8) is 0 Å². The van der Waals surface area contributed by atoms with Crippen LogP contribution in [0.15, 0.2) is 413 Å². The van der Waals surface area contributed by atoms with Gasteiger partial charge in [0.25, 0.3) is 0 Å². The van der Waals surface area contributed by atoms with Gasteiger partial charge in [0.15, 0.2) is 0 Å². The Hall–Kier alpha value is -11.4. The van der Waals surface area contributed by atoms with Gasteiger partial charge in [-0.05, 0) is 130 Å². The standard InChI is InChI=1S/C97H91B15O16/c1-76-55-65-91(66-56-76)100(115-98(113)83-37-16-8-17-38-83)117-102(85-41-20-10-21-42-85)119-108(93-69-59-78(3)60-70-93)120-104(87-45-24-12-25-46-87)121-109(94-71-61-79(4)62-72-94)123-106(89-49-28-14-29-50-89)127-112(97-54-33-32-36-82(97)7)128-107(90-51-30-15-31-52-90)124-110(95-73-63-80(5)64-74-95)122-105(88-47-26-13-27-48-88)126-111(96-53-34-35-81(6)75-96)125-103(86-43-22-11-23-44-86)118-101(92-67-57-77(2)58-68-92)116-99(114)84-39-18-9-19-40-84/h8-75,113-114H,1-7H3. The number of rotatable bonds is 43. The highest BCUT2D eigenvalue weighted by atomic mass is 16.7. The molecule has 31 heteroatoms. The Morgan fingerprint density at radius 2 is 0.312 bits per heavy atom. The summed E-state index contributed by atoms with van der Waals surface area (Å²) in [5.74, 6) is 0. The summed E-state index contributed by atoms with van der Waals surface area (Å²) in [7, 11) is -19.1. The summed E-state index contributed by atoms with van der Waals surface area (Å²) in [6.07, 6.45) is 0. The molecule has 0 saturated heterocycles. The zero-order valence-electron chi connectivity index (χ0n) is 72.5. The van der Waals surface area contributed by atoms with Gasteiger partial charge in [-0.3, -0.25) is 0 Å². The molecule has 0 radical (unpaired) electrons. The van der Waals surface area contributed by atoms with E-state index in [0.717, 1.165) is 38.9 Å². The lowest BCUT2D eigenvalue weighted by molar-refractivity contribution is 0.318. The van der Waals surface area contributed by atoms with Gasteiger partial charge in [0.1, 0.15) is 0 Å². The van der Waals surface area contributed by atoms with E-state index in [1.807, 2.05) is 437 Å². The van der Waals surface area contributed by atoms with Crippen molar-refractivity contribution in [3.05, 3.63) is 451 Å². The Morgan fingerprint density at radius 3 is 0.531 bits per heavy atom. The Kier molecular flexibility index (Phi) is 32.9. The number of benzene rings is 15. The predicted molar refractivity (Wildman–Crippen MR) is 530 cm³/mol. The molecular formula is C97H91B15O16. The van der Waals surface area contributed by atoms with Crippen LogP contribution in [0.25, 0.3) is 0 Å². The molecule has 15 aromatic rings. The quantitative estimate of drug-likeness (QED) is 0.0365. The second-order valence-corrected chi connectivity index (χ2v) is 31.5. The first-order valence-corrected chi connectivity index (χ1v) is 43.0. The number of aryl methyl sites for hydroxylation is 7. The topological polar surface area (TPSA) is 170 Å². The summed E-state index contributed by atoms with van der Waals surface area (Å²) in [6.45, 7) is 14.1. The van der Waals surface area contributed by atoms with E-state index in [9.17, 15) is 10.0 Å². The average molecular weight is 1670 g/mol. The van der Waals surface area contributed by atoms with Crippen molar-refractivity contribution in [2.45, 2.75) is 48.5 Å². The van der Waals surface area contributed by atoms with Gasteiger partial charge in [0, 0.05) is 0 Å². The summed E-state index contributed by atoms with van der Waals surface area (Å²) < 4.78 is 102. The first-order chi connectivity index (χ1) is 62.6. The van der Waals surface area contributed by atoms with Crippen LogP contribution in [0.4, 0.5) is 0 Å². The Morgan fingerprint density at radius 1 is 0.141 bits per heavy atom. The van der Waals surface area contributed by atoms with Crippen molar-refractivity contribution in [1.29, 1.82) is 0 Å². The summed E-state index contributed by atoms with van der Waals surface area (Å²) in [4.78, 5) is 0. The van der Waals surface area contributed by atoms with Crippen LogP contribution >= 0.6 is 0 Å². The molecule has 128 heavy (non-hydrogen) atoms. The van der Waals surface area contributed by atoms with E-state index in [1.165, 1.54) is 0 Å². The van der Waals surface area contributed by atoms with Crippen molar-refractivity contribution in [2.75, 3.05) is 0 Å². The smallest absolute Gasteiger partial charge is 0.445 e. The van der Waals surface area contributed by atoms with Crippen molar-refractivity contribution in [1.82, 2.24) is 0 Å². The maximum atomic E-state index is 11.8. The lowest BCUT2D eigenvalue weighted by atomic mass is 9.62. The zero-order chi connectivity index (χ0) is 88.3. The molecule has 620 valence electrons. The Bertz CT molecular complexity index is 5840. The van der Waals surface area contributed by atoms with E-state index >= 15 is 0 Å². The average Bonchev–Trinajstić information content (AvgIpc) is 0.811. The highest BCUT2D eigenvalue weighted by molar-refractivity contribution is 6.90. The maximum Gasteiger partial charge on any atom is 0.477 e. The normalized spacial score (nSPS) is 11.0. The molecule has 0 spiro atoms. The molecule has 2 N–H and O–H groups in total. The fourth-order valence-corrected chi connectivity index (χ4v) is 14.4. The van der Waals surface area contributed by atoms with Crippen molar-refractivity contribution in [3.8, 4) is 0 Å². The minimum absolute atomic E-state index is 0.535. The van der Waals surface area contributed by atoms with Gasteiger partial charge in [0.05, 0.1) is 0 Å². The molecule has 16 nitrogen and oxygen atoms in total. The number of hydrogen-bond acceptors (Lipinski definition) is 16. The second-order valence-electron chi connectivity index (χ2n) is 31.5. The van der Waals surface area contributed by atoms with Crippen LogP contribution in [0.3, 0.4) is 0 Å². The molecule has 0 aliphatic carbocycles. The van der Waals surface area contributed by atoms with Gasteiger partial charge in [-0.25, -0.2) is 0 Å². The van der Waals surface area contributed by atoms with Crippen LogP contribution in [0.2, 0.25) is 0 Å². The van der Waals surface area contributed by atoms with Crippen LogP contribution in [-0.2, 0) is 64.0 Å². The molecule has 0 heterocycles. The molecule has 0 fully saturated rings. The van der Waals surface area contributed by atoms with Crippen LogP contribution in [0.1, 0.15) is 38.9 Å². The summed E-state index contributed by atoms with van der Waals surface area (Å²) in [5, 5.41) is 23.7. The van der Waals surface area contributed by atoms with Gasteiger partial charge < -0.3 is 74.1 Å². The fraction of sp³-hybridized carbons (Fsp3) is 0.0722. The third kappa shape index (κ3) is 25.8. The van der Waals surface area contributed by atoms with Crippen LogP contribution < -0.4 is 81.9 Å². The van der Waals surface area contributed by atoms with Crippen molar-refractivity contribution in [2.24, 2.45) is 0 Å². The predicted octanol–water partition coefficient (Wildman–Crippen LogP) is 7.29. The molecule has 15 aromatic carbocycles. The maximum absolute atomic E-state index is 11.8. The number of hydrogen-bond donors (Lipinski definition) is 2. The Labute approximate surface area is 757 Å². The van der Waals surface area contributed by atoms with E-state index in [-0.39, 0.29) is 0 Å². The second kappa shape index (κ2) is 46.1. The molecule has 0 aliphatic heterocycles. The summed E-state index contributed by atoms with van der Waals surface area (Å²) in [6, 6.07) is 131. The first-order valence-electron chi connectivity index (χ1n) is 43.0.